The number of hydrogen-bond donors (Lipinski definition) is 2. The number of pyridine rings is 1. The van der Waals surface area contributed by atoms with Crippen molar-refractivity contribution >= 4 is 21.8 Å². The molecule has 1 aliphatic rings. The predicted molar refractivity (Wildman–Crippen MR) is 171 cm³/mol. The van der Waals surface area contributed by atoms with E-state index in [2.05, 4.69) is 20.5 Å². The zero-order valence-electron chi connectivity index (χ0n) is 25.6. The molecule has 0 radical (unpaired) electrons. The number of carbonyl (C=O) groups is 1. The van der Waals surface area contributed by atoms with Crippen LogP contribution in [0.2, 0.25) is 0 Å². The van der Waals surface area contributed by atoms with E-state index in [1.807, 2.05) is 19.1 Å². The third-order valence-corrected chi connectivity index (χ3v) is 9.18. The number of amides is 1. The highest BCUT2D eigenvalue weighted by molar-refractivity contribution is 7.86. The van der Waals surface area contributed by atoms with Crippen LogP contribution in [-0.2, 0) is 14.3 Å². The summed E-state index contributed by atoms with van der Waals surface area (Å²) in [6.45, 7) is 6.75. The highest BCUT2D eigenvalue weighted by atomic mass is 32.2. The average Bonchev–Trinajstić information content (AvgIpc) is 3.01. The van der Waals surface area contributed by atoms with Gasteiger partial charge in [-0.3, -0.25) is 8.98 Å². The van der Waals surface area contributed by atoms with Gasteiger partial charge in [0.2, 0.25) is 0 Å². The molecule has 42 heavy (non-hydrogen) atoms. The van der Waals surface area contributed by atoms with Crippen molar-refractivity contribution in [2.24, 2.45) is 0 Å². The van der Waals surface area contributed by atoms with E-state index in [-0.39, 0.29) is 17.4 Å². The van der Waals surface area contributed by atoms with Crippen LogP contribution in [0.5, 0.6) is 0 Å². The smallest absolute Gasteiger partial charge is 0.296 e. The molecular formula is C33H52N4O4S. The molecule has 1 fully saturated rings. The Morgan fingerprint density at radius 3 is 1.90 bits per heavy atom. The van der Waals surface area contributed by atoms with Gasteiger partial charge in [-0.2, -0.15) is 8.42 Å². The molecule has 1 aromatic carbocycles. The molecule has 1 saturated heterocycles. The van der Waals surface area contributed by atoms with E-state index in [9.17, 15) is 13.2 Å². The summed E-state index contributed by atoms with van der Waals surface area (Å²) in [6, 6.07) is 10.6. The summed E-state index contributed by atoms with van der Waals surface area (Å²) in [5.74, 6) is 0.908. The van der Waals surface area contributed by atoms with Crippen LogP contribution in [0.3, 0.4) is 0 Å². The van der Waals surface area contributed by atoms with Crippen LogP contribution < -0.4 is 15.5 Å². The molecule has 0 bridgehead atoms. The van der Waals surface area contributed by atoms with Crippen molar-refractivity contribution in [3.05, 3.63) is 53.7 Å². The van der Waals surface area contributed by atoms with Gasteiger partial charge in [-0.1, -0.05) is 94.7 Å². The van der Waals surface area contributed by atoms with Gasteiger partial charge in [-0.25, -0.2) is 4.98 Å². The first kappa shape index (κ1) is 34.0. The summed E-state index contributed by atoms with van der Waals surface area (Å²) < 4.78 is 29.5. The van der Waals surface area contributed by atoms with E-state index in [4.69, 9.17) is 4.18 Å². The van der Waals surface area contributed by atoms with Crippen LogP contribution in [0.4, 0.5) is 5.82 Å². The minimum atomic E-state index is -3.63. The van der Waals surface area contributed by atoms with Gasteiger partial charge in [-0.15, -0.1) is 0 Å². The van der Waals surface area contributed by atoms with E-state index in [0.29, 0.717) is 5.56 Å². The van der Waals surface area contributed by atoms with Gasteiger partial charge in [0, 0.05) is 38.9 Å². The fraction of sp³-hybridized carbons (Fsp3) is 0.636. The van der Waals surface area contributed by atoms with E-state index < -0.39 is 10.1 Å². The van der Waals surface area contributed by atoms with Crippen LogP contribution in [0, 0.1) is 6.92 Å². The maximum absolute atomic E-state index is 12.4. The molecule has 0 aliphatic carbocycles. The van der Waals surface area contributed by atoms with Crippen molar-refractivity contribution in [2.45, 2.75) is 102 Å². The molecule has 8 nitrogen and oxygen atoms in total. The number of aryl methyl sites for hydroxylation is 1. The third-order valence-electron chi connectivity index (χ3n) is 7.86. The van der Waals surface area contributed by atoms with Crippen molar-refractivity contribution in [1.29, 1.82) is 0 Å². The Labute approximate surface area is 254 Å². The molecule has 9 heteroatoms. The number of anilines is 1. The molecule has 0 atom stereocenters. The van der Waals surface area contributed by atoms with Crippen LogP contribution in [0.25, 0.3) is 0 Å². The van der Waals surface area contributed by atoms with Crippen LogP contribution in [-0.4, -0.2) is 58.6 Å². The second kappa shape index (κ2) is 19.7. The molecular weight excluding hydrogens is 548 g/mol. The molecule has 2 aromatic rings. The lowest BCUT2D eigenvalue weighted by Gasteiger charge is -2.28. The van der Waals surface area contributed by atoms with E-state index in [1.54, 1.807) is 30.5 Å². The number of nitrogens with one attached hydrogen (secondary N) is 2. The van der Waals surface area contributed by atoms with Gasteiger partial charge >= 0.3 is 0 Å². The molecule has 2 N–H and O–H groups in total. The number of unbranched alkanes of at least 4 members (excludes halogenated alkanes) is 13. The van der Waals surface area contributed by atoms with Gasteiger partial charge in [0.15, 0.2) is 0 Å². The summed E-state index contributed by atoms with van der Waals surface area (Å²) in [5, 5.41) is 6.37. The lowest BCUT2D eigenvalue weighted by molar-refractivity contribution is 0.0952. The zero-order chi connectivity index (χ0) is 29.9. The fourth-order valence-corrected chi connectivity index (χ4v) is 6.14. The second-order valence-electron chi connectivity index (χ2n) is 11.4. The standard InChI is InChI=1S/C33H52N4O4S/c1-29-16-19-31(20-17-29)42(39,40)41-27-15-13-11-9-7-5-3-2-4-6-8-10-12-14-22-35-33(38)30-18-21-32(36-28-30)37-25-23-34-24-26-37/h16-21,28,34H,2-15,22-27H2,1H3,(H,35,38). The fourth-order valence-electron chi connectivity index (χ4n) is 5.20. The number of piperazine rings is 1. The number of aromatic nitrogens is 1. The number of hydrogen-bond acceptors (Lipinski definition) is 7. The third kappa shape index (κ3) is 13.2. The lowest BCUT2D eigenvalue weighted by atomic mass is 10.0. The summed E-state index contributed by atoms with van der Waals surface area (Å²) >= 11 is 0. The summed E-state index contributed by atoms with van der Waals surface area (Å²) in [7, 11) is -3.63. The minimum Gasteiger partial charge on any atom is -0.354 e. The molecule has 0 saturated carbocycles. The Morgan fingerprint density at radius 2 is 1.36 bits per heavy atom. The van der Waals surface area contributed by atoms with Gasteiger partial charge in [0.25, 0.3) is 16.0 Å². The number of rotatable bonds is 21. The Morgan fingerprint density at radius 1 is 0.810 bits per heavy atom. The molecule has 3 rings (SSSR count). The first-order valence-corrected chi connectivity index (χ1v) is 17.5. The summed E-state index contributed by atoms with van der Waals surface area (Å²) in [6.07, 6.45) is 18.2. The molecule has 1 amide bonds. The minimum absolute atomic E-state index is 0.0345. The molecule has 234 valence electrons. The summed E-state index contributed by atoms with van der Waals surface area (Å²) in [4.78, 5) is 19.3. The Kier molecular flexibility index (Phi) is 15.9. The van der Waals surface area contributed by atoms with Crippen molar-refractivity contribution in [3.8, 4) is 0 Å². The van der Waals surface area contributed by atoms with E-state index >= 15 is 0 Å². The van der Waals surface area contributed by atoms with E-state index in [0.717, 1.165) is 76.2 Å². The van der Waals surface area contributed by atoms with Crippen LogP contribution >= 0.6 is 0 Å². The average molecular weight is 601 g/mol. The normalized spacial score (nSPS) is 13.8. The maximum Gasteiger partial charge on any atom is 0.296 e. The highest BCUT2D eigenvalue weighted by Gasteiger charge is 2.14. The van der Waals surface area contributed by atoms with Crippen molar-refractivity contribution in [3.63, 3.8) is 0 Å². The van der Waals surface area contributed by atoms with Crippen molar-refractivity contribution in [2.75, 3.05) is 44.2 Å². The molecule has 1 aliphatic heterocycles. The number of carbonyl (C=O) groups excluding carboxylic acids is 1. The number of benzene rings is 1. The SMILES string of the molecule is Cc1ccc(S(=O)(=O)OCCCCCCCCCCCCCCCCNC(=O)c2ccc(N3CCNCC3)nc2)cc1. The Bertz CT molecular complexity index is 1120. The lowest BCUT2D eigenvalue weighted by Crippen LogP contribution is -2.43. The first-order valence-electron chi connectivity index (χ1n) is 16.1. The van der Waals surface area contributed by atoms with Crippen molar-refractivity contribution in [1.82, 2.24) is 15.6 Å². The maximum atomic E-state index is 12.4. The monoisotopic (exact) mass is 600 g/mol. The molecule has 2 heterocycles. The van der Waals surface area contributed by atoms with E-state index in [1.165, 1.54) is 57.8 Å². The second-order valence-corrected chi connectivity index (χ2v) is 13.1. The molecule has 0 unspecified atom stereocenters. The predicted octanol–water partition coefficient (Wildman–Crippen LogP) is 6.40. The van der Waals surface area contributed by atoms with Gasteiger partial charge < -0.3 is 15.5 Å². The summed E-state index contributed by atoms with van der Waals surface area (Å²) in [5.41, 5.74) is 1.66. The van der Waals surface area contributed by atoms with Crippen molar-refractivity contribution < 1.29 is 17.4 Å². The Hall–Kier alpha value is -2.49. The van der Waals surface area contributed by atoms with Gasteiger partial charge in [0.1, 0.15) is 5.82 Å². The first-order chi connectivity index (χ1) is 20.5. The van der Waals surface area contributed by atoms with Gasteiger partial charge in [0.05, 0.1) is 17.1 Å². The Balaban J connectivity index is 1.05. The largest absolute Gasteiger partial charge is 0.354 e. The highest BCUT2D eigenvalue weighted by Crippen LogP contribution is 2.16. The topological polar surface area (TPSA) is 101 Å². The zero-order valence-corrected chi connectivity index (χ0v) is 26.4. The molecule has 0 spiro atoms. The van der Waals surface area contributed by atoms with Crippen LogP contribution in [0.1, 0.15) is 106 Å². The number of nitrogens with zero attached hydrogens (tertiary/aromatic N) is 2. The van der Waals surface area contributed by atoms with Gasteiger partial charge in [-0.05, 0) is 44.0 Å². The quantitative estimate of drug-likeness (QED) is 0.126. The molecule has 1 aromatic heterocycles. The van der Waals surface area contributed by atoms with Crippen LogP contribution in [0.15, 0.2) is 47.5 Å².